The maximum atomic E-state index is 12.9. The third-order valence-corrected chi connectivity index (χ3v) is 4.58. The van der Waals surface area contributed by atoms with Crippen LogP contribution in [0.4, 0.5) is 37.7 Å². The first kappa shape index (κ1) is 24.7. The van der Waals surface area contributed by atoms with E-state index in [0.717, 1.165) is 18.2 Å². The number of nitrogens with zero attached hydrogens (tertiary/aromatic N) is 1. The molecule has 2 aromatic rings. The number of nitriles is 1. The van der Waals surface area contributed by atoms with Crippen LogP contribution in [0.3, 0.4) is 0 Å². The Morgan fingerprint density at radius 1 is 0.969 bits per heavy atom. The zero-order chi connectivity index (χ0) is 24.3. The molecular weight excluding hydrogens is 468 g/mol. The molecule has 2 aromatic carbocycles. The Kier molecular flexibility index (Phi) is 6.86. The molecular formula is C18H11F6N3O4S. The molecule has 0 saturated heterocycles. The Morgan fingerprint density at radius 2 is 1.53 bits per heavy atom. The van der Waals surface area contributed by atoms with Gasteiger partial charge in [-0.3, -0.25) is 9.35 Å². The zero-order valence-corrected chi connectivity index (χ0v) is 16.2. The van der Waals surface area contributed by atoms with Crippen LogP contribution in [0.5, 0.6) is 0 Å². The van der Waals surface area contributed by atoms with E-state index < -0.39 is 55.7 Å². The van der Waals surface area contributed by atoms with E-state index in [2.05, 4.69) is 5.32 Å². The van der Waals surface area contributed by atoms with Crippen molar-refractivity contribution >= 4 is 27.4 Å². The Hall–Kier alpha value is -3.57. The Morgan fingerprint density at radius 3 is 2.00 bits per heavy atom. The van der Waals surface area contributed by atoms with Crippen LogP contribution >= 0.6 is 0 Å². The molecule has 3 N–H and O–H groups in total. The molecule has 2 rings (SSSR count). The largest absolute Gasteiger partial charge is 0.416 e. The van der Waals surface area contributed by atoms with Gasteiger partial charge in [0.15, 0.2) is 0 Å². The summed E-state index contributed by atoms with van der Waals surface area (Å²) in [4.78, 5) is 11.6. The zero-order valence-electron chi connectivity index (χ0n) is 15.4. The van der Waals surface area contributed by atoms with Crippen LogP contribution in [-0.4, -0.2) is 18.9 Å². The summed E-state index contributed by atoms with van der Waals surface area (Å²) in [5.41, 5.74) is -4.82. The molecule has 0 aromatic heterocycles. The average Bonchev–Trinajstić information content (AvgIpc) is 2.66. The van der Waals surface area contributed by atoms with E-state index in [-0.39, 0.29) is 11.8 Å². The quantitative estimate of drug-likeness (QED) is 0.253. The highest BCUT2D eigenvalue weighted by Gasteiger charge is 2.36. The number of alkyl halides is 6. The van der Waals surface area contributed by atoms with E-state index in [1.165, 1.54) is 12.1 Å². The molecule has 0 aliphatic carbocycles. The molecule has 0 fully saturated rings. The second kappa shape index (κ2) is 8.89. The molecule has 14 heteroatoms. The Bertz CT molecular complexity index is 1180. The van der Waals surface area contributed by atoms with Crippen molar-refractivity contribution in [3.63, 3.8) is 0 Å². The van der Waals surface area contributed by atoms with Crippen molar-refractivity contribution in [2.45, 2.75) is 17.2 Å². The number of carbonyl (C=O) groups is 1. The van der Waals surface area contributed by atoms with Gasteiger partial charge in [-0.25, -0.2) is 0 Å². The van der Waals surface area contributed by atoms with Gasteiger partial charge in [-0.15, -0.1) is 0 Å². The number of nitrogens with one attached hydrogen (secondary N) is 2. The molecule has 0 atom stereocenters. The van der Waals surface area contributed by atoms with Crippen molar-refractivity contribution in [2.75, 3.05) is 10.6 Å². The van der Waals surface area contributed by atoms with Gasteiger partial charge < -0.3 is 10.6 Å². The first-order valence-electron chi connectivity index (χ1n) is 8.16. The number of halogens is 6. The minimum atomic E-state index is -5.09. The van der Waals surface area contributed by atoms with Crippen LogP contribution in [0.15, 0.2) is 59.1 Å². The first-order chi connectivity index (χ1) is 14.6. The van der Waals surface area contributed by atoms with Crippen LogP contribution in [0.2, 0.25) is 0 Å². The molecule has 0 saturated carbocycles. The molecule has 0 aliphatic heterocycles. The van der Waals surface area contributed by atoms with E-state index in [0.29, 0.717) is 18.3 Å². The number of carbonyl (C=O) groups excluding carboxylic acids is 1. The monoisotopic (exact) mass is 479 g/mol. The lowest BCUT2D eigenvalue weighted by molar-refractivity contribution is -0.143. The number of hydrogen-bond donors (Lipinski definition) is 3. The van der Waals surface area contributed by atoms with Gasteiger partial charge in [-0.05, 0) is 36.4 Å². The highest BCUT2D eigenvalue weighted by atomic mass is 32.2. The fraction of sp³-hybridized carbons (Fsp3) is 0.111. The fourth-order valence-electron chi connectivity index (χ4n) is 2.28. The van der Waals surface area contributed by atoms with Gasteiger partial charge in [-0.2, -0.15) is 40.0 Å². The van der Waals surface area contributed by atoms with Gasteiger partial charge in [0.05, 0.1) is 16.0 Å². The van der Waals surface area contributed by atoms with Gasteiger partial charge in [0, 0.05) is 17.6 Å². The van der Waals surface area contributed by atoms with Crippen LogP contribution in [-0.2, 0) is 27.3 Å². The molecule has 0 aliphatic rings. The summed E-state index contributed by atoms with van der Waals surface area (Å²) in [6.07, 6.45) is -9.60. The number of benzene rings is 2. The molecule has 1 amide bonds. The minimum absolute atomic E-state index is 0.0883. The van der Waals surface area contributed by atoms with Crippen molar-refractivity contribution in [1.29, 1.82) is 5.26 Å². The maximum Gasteiger partial charge on any atom is 0.416 e. The first-order valence-corrected chi connectivity index (χ1v) is 9.60. The second-order valence-electron chi connectivity index (χ2n) is 6.07. The Labute approximate surface area is 176 Å². The number of rotatable bonds is 5. The SMILES string of the molecule is N#C/C(=C/Nc1cc(C(F)(F)F)cc(C(F)(F)F)c1)C(=O)Nc1cccc(S(=O)(=O)O)c1. The standard InChI is InChI=1S/C18H11F6N3O4S/c19-17(20,21)11-4-12(18(22,23)24)6-14(5-11)26-9-10(8-25)16(28)27-13-2-1-3-15(7-13)32(29,30)31/h1-7,9,26H,(H,27,28)(H,29,30,31)/b10-9-. The highest BCUT2D eigenvalue weighted by Crippen LogP contribution is 2.37. The summed E-state index contributed by atoms with van der Waals surface area (Å²) in [7, 11) is -4.59. The van der Waals surface area contributed by atoms with E-state index in [1.807, 2.05) is 5.32 Å². The maximum absolute atomic E-state index is 12.9. The van der Waals surface area contributed by atoms with Crippen molar-refractivity contribution in [3.8, 4) is 6.07 Å². The molecule has 0 bridgehead atoms. The Balaban J connectivity index is 2.31. The van der Waals surface area contributed by atoms with Crippen LogP contribution in [0.25, 0.3) is 0 Å². The summed E-state index contributed by atoms with van der Waals surface area (Å²) in [5.74, 6) is -1.16. The molecule has 0 heterocycles. The lowest BCUT2D eigenvalue weighted by atomic mass is 10.1. The van der Waals surface area contributed by atoms with Crippen LogP contribution in [0, 0.1) is 11.3 Å². The summed E-state index contributed by atoms with van der Waals surface area (Å²) in [5, 5.41) is 13.2. The summed E-state index contributed by atoms with van der Waals surface area (Å²) in [6.45, 7) is 0. The van der Waals surface area contributed by atoms with Crippen molar-refractivity contribution in [2.24, 2.45) is 0 Å². The third-order valence-electron chi connectivity index (χ3n) is 3.73. The van der Waals surface area contributed by atoms with E-state index in [4.69, 9.17) is 9.81 Å². The van der Waals surface area contributed by atoms with Crippen molar-refractivity contribution < 1.29 is 44.1 Å². The molecule has 7 nitrogen and oxygen atoms in total. The van der Waals surface area contributed by atoms with E-state index in [9.17, 15) is 39.6 Å². The molecule has 0 spiro atoms. The predicted molar refractivity (Wildman–Crippen MR) is 98.7 cm³/mol. The minimum Gasteiger partial charge on any atom is -0.360 e. The number of amides is 1. The molecule has 0 unspecified atom stereocenters. The summed E-state index contributed by atoms with van der Waals surface area (Å²) in [6, 6.07) is 6.26. The smallest absolute Gasteiger partial charge is 0.360 e. The lowest BCUT2D eigenvalue weighted by Crippen LogP contribution is -2.15. The average molecular weight is 479 g/mol. The molecule has 170 valence electrons. The van der Waals surface area contributed by atoms with Gasteiger partial charge in [0.1, 0.15) is 11.6 Å². The third kappa shape index (κ3) is 6.46. The predicted octanol–water partition coefficient (Wildman–Crippen LogP) is 4.43. The summed E-state index contributed by atoms with van der Waals surface area (Å²) >= 11 is 0. The van der Waals surface area contributed by atoms with Crippen molar-refractivity contribution in [3.05, 3.63) is 65.4 Å². The van der Waals surface area contributed by atoms with Crippen molar-refractivity contribution in [1.82, 2.24) is 0 Å². The number of anilines is 2. The van der Waals surface area contributed by atoms with Gasteiger partial charge in [0.2, 0.25) is 0 Å². The topological polar surface area (TPSA) is 119 Å². The van der Waals surface area contributed by atoms with E-state index >= 15 is 0 Å². The number of hydrogen-bond acceptors (Lipinski definition) is 5. The second-order valence-corrected chi connectivity index (χ2v) is 7.49. The van der Waals surface area contributed by atoms with Gasteiger partial charge >= 0.3 is 12.4 Å². The normalized spacial score (nSPS) is 12.8. The highest BCUT2D eigenvalue weighted by molar-refractivity contribution is 7.85. The summed E-state index contributed by atoms with van der Waals surface area (Å²) < 4.78 is 109. The van der Waals surface area contributed by atoms with E-state index in [1.54, 1.807) is 0 Å². The lowest BCUT2D eigenvalue weighted by Gasteiger charge is -2.14. The molecule has 0 radical (unpaired) electrons. The van der Waals surface area contributed by atoms with Gasteiger partial charge in [0.25, 0.3) is 16.0 Å². The van der Waals surface area contributed by atoms with Crippen LogP contribution in [0.1, 0.15) is 11.1 Å². The fourth-order valence-corrected chi connectivity index (χ4v) is 2.80. The van der Waals surface area contributed by atoms with Crippen LogP contribution < -0.4 is 10.6 Å². The van der Waals surface area contributed by atoms with Gasteiger partial charge in [-0.1, -0.05) is 6.07 Å². The molecule has 32 heavy (non-hydrogen) atoms.